The monoisotopic (exact) mass is 204 g/mol. The Morgan fingerprint density at radius 2 is 1.14 bits per heavy atom. The molecule has 0 aromatic rings. The van der Waals surface area contributed by atoms with Gasteiger partial charge in [0, 0.05) is 35.6 Å². The molecule has 4 nitrogen and oxygen atoms in total. The molecule has 0 spiro atoms. The number of rotatable bonds is 0. The maximum atomic E-state index is 8.88. The van der Waals surface area contributed by atoms with Gasteiger partial charge in [-0.3, -0.25) is 0 Å². The molecule has 0 amide bonds. The third-order valence-corrected chi connectivity index (χ3v) is 0. The molecule has 0 atom stereocenters. The predicted octanol–water partition coefficient (Wildman–Crippen LogP) is -0.934. The van der Waals surface area contributed by atoms with Crippen molar-refractivity contribution in [3.05, 3.63) is 0 Å². The summed E-state index contributed by atoms with van der Waals surface area (Å²) in [5.41, 5.74) is 0. The van der Waals surface area contributed by atoms with Gasteiger partial charge in [-0.2, -0.15) is 0 Å². The fraction of sp³-hybridized carbons (Fsp3) is 0. The van der Waals surface area contributed by atoms with E-state index in [-0.39, 0.29) is 35.6 Å². The summed E-state index contributed by atoms with van der Waals surface area (Å²) in [6.45, 7) is 0. The maximum Gasteiger partial charge on any atom is 0.466 e. The minimum atomic E-state index is -4.64. The molecule has 44 valence electrons. The van der Waals surface area contributed by atoms with E-state index in [9.17, 15) is 0 Å². The molecular weight excluding hydrogens is 201 g/mol. The van der Waals surface area contributed by atoms with Crippen LogP contribution in [0.3, 0.4) is 0 Å². The van der Waals surface area contributed by atoms with Crippen LogP contribution in [0.15, 0.2) is 0 Å². The van der Waals surface area contributed by atoms with Crippen LogP contribution < -0.4 is 0 Å². The molecule has 0 heterocycles. The van der Waals surface area contributed by atoms with Gasteiger partial charge in [0.25, 0.3) is 0 Å². The third-order valence-electron chi connectivity index (χ3n) is 0. The molecule has 7 heteroatoms. The van der Waals surface area contributed by atoms with E-state index in [0.717, 1.165) is 0 Å². The Bertz CT molecular complexity index is 57.8. The minimum Gasteiger partial charge on any atom is -0.303 e. The maximum absolute atomic E-state index is 8.88. The zero-order chi connectivity index (χ0) is 4.50. The van der Waals surface area contributed by atoms with Gasteiger partial charge in [0.2, 0.25) is 0 Å². The van der Waals surface area contributed by atoms with Gasteiger partial charge in [-0.15, -0.1) is 0 Å². The van der Waals surface area contributed by atoms with Crippen LogP contribution in [0.2, 0.25) is 0 Å². The van der Waals surface area contributed by atoms with Crippen LogP contribution in [0, 0.1) is 0 Å². The normalized spacial score (nSPS) is 8.43. The standard InChI is InChI=1S/Mn.H3O4P.V/c;1-5(2,3)4;/h;(H3,1,2,3,4);. The Morgan fingerprint density at radius 3 is 1.14 bits per heavy atom. The first-order chi connectivity index (χ1) is 2.00. The minimum absolute atomic E-state index is 0. The van der Waals surface area contributed by atoms with Gasteiger partial charge in [0.15, 0.2) is 0 Å². The molecule has 0 rings (SSSR count). The van der Waals surface area contributed by atoms with Crippen LogP contribution in [0.5, 0.6) is 0 Å². The van der Waals surface area contributed by atoms with Gasteiger partial charge < -0.3 is 14.7 Å². The van der Waals surface area contributed by atoms with E-state index in [1.807, 2.05) is 0 Å². The molecule has 0 fully saturated rings. The smallest absolute Gasteiger partial charge is 0.303 e. The number of hydrogen-bond acceptors (Lipinski definition) is 1. The Kier molecular flexibility index (Phi) is 12.0. The molecule has 0 aliphatic rings. The molecule has 0 saturated carbocycles. The van der Waals surface area contributed by atoms with E-state index in [2.05, 4.69) is 0 Å². The van der Waals surface area contributed by atoms with Crippen LogP contribution in [-0.2, 0) is 40.2 Å². The predicted molar refractivity (Wildman–Crippen MR) is 14.3 cm³/mol. The van der Waals surface area contributed by atoms with Gasteiger partial charge >= 0.3 is 7.82 Å². The van der Waals surface area contributed by atoms with Crippen molar-refractivity contribution >= 4 is 7.82 Å². The van der Waals surface area contributed by atoms with Gasteiger partial charge in [-0.05, 0) is 0 Å². The Labute approximate surface area is 62.9 Å². The Hall–Kier alpha value is 1.21. The van der Waals surface area contributed by atoms with Crippen LogP contribution in [0.4, 0.5) is 0 Å². The van der Waals surface area contributed by atoms with Crippen molar-refractivity contribution in [1.82, 2.24) is 0 Å². The topological polar surface area (TPSA) is 77.8 Å². The van der Waals surface area contributed by atoms with Crippen molar-refractivity contribution in [2.75, 3.05) is 0 Å². The Balaban J connectivity index is -0.0000000800. The average molecular weight is 204 g/mol. The molecule has 0 aromatic carbocycles. The van der Waals surface area contributed by atoms with E-state index in [1.54, 1.807) is 0 Å². The third kappa shape index (κ3) is 133. The van der Waals surface area contributed by atoms with E-state index in [4.69, 9.17) is 19.2 Å². The van der Waals surface area contributed by atoms with Crippen LogP contribution >= 0.6 is 7.82 Å². The summed E-state index contributed by atoms with van der Waals surface area (Å²) in [6.07, 6.45) is 0. The second-order valence-corrected chi connectivity index (χ2v) is 1.54. The van der Waals surface area contributed by atoms with Crippen LogP contribution in [-0.4, -0.2) is 14.7 Å². The average Bonchev–Trinajstić information content (AvgIpc) is 0.722. The van der Waals surface area contributed by atoms with Gasteiger partial charge in [-0.1, -0.05) is 0 Å². The zero-order valence-corrected chi connectivity index (χ0v) is 6.49. The largest absolute Gasteiger partial charge is 0.466 e. The molecule has 0 aliphatic carbocycles. The molecule has 0 saturated heterocycles. The zero-order valence-electron chi connectivity index (χ0n) is 3.02. The summed E-state index contributed by atoms with van der Waals surface area (Å²) < 4.78 is 8.88. The molecule has 2 radical (unpaired) electrons. The summed E-state index contributed by atoms with van der Waals surface area (Å²) in [6, 6.07) is 0. The fourth-order valence-corrected chi connectivity index (χ4v) is 0. The summed E-state index contributed by atoms with van der Waals surface area (Å²) in [5, 5.41) is 0. The van der Waals surface area contributed by atoms with Crippen molar-refractivity contribution in [2.45, 2.75) is 0 Å². The first-order valence-corrected chi connectivity index (χ1v) is 2.35. The SMILES string of the molecule is O=P(O)(O)O.[Mn].[V]. The van der Waals surface area contributed by atoms with Gasteiger partial charge in [0.1, 0.15) is 0 Å². The first kappa shape index (κ1) is 15.7. The number of phosphoric acid groups is 1. The van der Waals surface area contributed by atoms with E-state index >= 15 is 0 Å². The number of hydrogen-bond donors (Lipinski definition) is 3. The van der Waals surface area contributed by atoms with Gasteiger partial charge in [-0.25, -0.2) is 4.57 Å². The van der Waals surface area contributed by atoms with Crippen molar-refractivity contribution in [3.63, 3.8) is 0 Å². The molecule has 0 unspecified atom stereocenters. The van der Waals surface area contributed by atoms with Crippen LogP contribution in [0.25, 0.3) is 0 Å². The summed E-state index contributed by atoms with van der Waals surface area (Å²) in [4.78, 5) is 21.6. The molecule has 3 N–H and O–H groups in total. The quantitative estimate of drug-likeness (QED) is 0.351. The van der Waals surface area contributed by atoms with E-state index in [0.29, 0.717) is 0 Å². The van der Waals surface area contributed by atoms with Crippen molar-refractivity contribution in [2.24, 2.45) is 0 Å². The van der Waals surface area contributed by atoms with Crippen molar-refractivity contribution < 1.29 is 54.9 Å². The first-order valence-electron chi connectivity index (χ1n) is 0.783. The molecule has 7 heavy (non-hydrogen) atoms. The van der Waals surface area contributed by atoms with Crippen LogP contribution in [0.1, 0.15) is 0 Å². The van der Waals surface area contributed by atoms with Crippen molar-refractivity contribution in [3.8, 4) is 0 Å². The summed E-state index contributed by atoms with van der Waals surface area (Å²) in [7, 11) is -4.64. The fourth-order valence-electron chi connectivity index (χ4n) is 0. The second-order valence-electron chi connectivity index (χ2n) is 0.513. The Morgan fingerprint density at radius 1 is 1.14 bits per heavy atom. The molecule has 0 aliphatic heterocycles. The molecule has 0 bridgehead atoms. The summed E-state index contributed by atoms with van der Waals surface area (Å²) in [5.74, 6) is 0. The van der Waals surface area contributed by atoms with Gasteiger partial charge in [0.05, 0.1) is 0 Å². The second kappa shape index (κ2) is 5.35. The van der Waals surface area contributed by atoms with E-state index in [1.165, 1.54) is 0 Å². The van der Waals surface area contributed by atoms with E-state index < -0.39 is 7.82 Å². The summed E-state index contributed by atoms with van der Waals surface area (Å²) >= 11 is 0. The van der Waals surface area contributed by atoms with Crippen molar-refractivity contribution in [1.29, 1.82) is 0 Å². The molecule has 0 aromatic heterocycles. The molecular formula is H3MnO4PV.